The van der Waals surface area contributed by atoms with Gasteiger partial charge in [-0.2, -0.15) is 13.2 Å². The van der Waals surface area contributed by atoms with E-state index in [1.165, 1.54) is 37.3 Å². The number of hydrogen-bond donors (Lipinski definition) is 1. The first kappa shape index (κ1) is 22.3. The van der Waals surface area contributed by atoms with E-state index in [1.807, 2.05) is 0 Å². The lowest BCUT2D eigenvalue weighted by atomic mass is 9.76. The molecule has 32 heavy (non-hydrogen) atoms. The van der Waals surface area contributed by atoms with Crippen LogP contribution in [0.5, 0.6) is 0 Å². The molecule has 1 fully saturated rings. The molecule has 1 aliphatic carbocycles. The molecule has 1 aliphatic rings. The summed E-state index contributed by atoms with van der Waals surface area (Å²) in [6, 6.07) is 14.0. The molecule has 170 valence electrons. The summed E-state index contributed by atoms with van der Waals surface area (Å²) in [7, 11) is 0. The van der Waals surface area contributed by atoms with Gasteiger partial charge in [0.2, 0.25) is 5.92 Å². The maximum absolute atomic E-state index is 14.3. The predicted molar refractivity (Wildman–Crippen MR) is 110 cm³/mol. The number of ether oxygens (including phenoxy) is 1. The highest BCUT2D eigenvalue weighted by molar-refractivity contribution is 5.83. The fraction of sp³-hybridized carbons (Fsp3) is 0.375. The van der Waals surface area contributed by atoms with Crippen molar-refractivity contribution in [2.45, 2.75) is 49.6 Å². The van der Waals surface area contributed by atoms with Crippen molar-refractivity contribution in [3.8, 4) is 0 Å². The fourth-order valence-electron chi connectivity index (χ4n) is 4.38. The number of esters is 1. The molecule has 0 radical (unpaired) electrons. The van der Waals surface area contributed by atoms with Gasteiger partial charge in [0.15, 0.2) is 0 Å². The first-order chi connectivity index (χ1) is 15.1. The average molecular weight is 451 g/mol. The maximum atomic E-state index is 14.3. The van der Waals surface area contributed by atoms with Gasteiger partial charge in [-0.25, -0.2) is 8.78 Å². The highest BCUT2D eigenvalue weighted by atomic mass is 19.4. The summed E-state index contributed by atoms with van der Waals surface area (Å²) in [5.74, 6) is -7.83. The molecular formula is C24H22F5NO2. The second-order valence-corrected chi connectivity index (χ2v) is 8.19. The van der Waals surface area contributed by atoms with E-state index in [0.29, 0.717) is 16.5 Å². The maximum Gasteiger partial charge on any atom is 0.398 e. The topological polar surface area (TPSA) is 42.1 Å². The number of carbonyl (C=O) groups excluding carboxylic acids is 1. The lowest BCUT2D eigenvalue weighted by Crippen LogP contribution is -2.34. The Bertz CT molecular complexity index is 1060. The van der Waals surface area contributed by atoms with Crippen LogP contribution < -0.4 is 0 Å². The van der Waals surface area contributed by atoms with Crippen LogP contribution in [0.1, 0.15) is 54.3 Å². The van der Waals surface area contributed by atoms with E-state index in [9.17, 15) is 26.7 Å². The molecule has 4 rings (SSSR count). The van der Waals surface area contributed by atoms with Gasteiger partial charge in [-0.1, -0.05) is 42.5 Å². The molecule has 0 aliphatic heterocycles. The minimum absolute atomic E-state index is 0.0676. The molecule has 0 saturated heterocycles. The summed E-state index contributed by atoms with van der Waals surface area (Å²) in [5.41, 5.74) is 1.14. The van der Waals surface area contributed by atoms with Crippen molar-refractivity contribution in [1.29, 1.82) is 0 Å². The number of rotatable bonds is 6. The number of para-hydroxylation sites is 1. The molecule has 0 bridgehead atoms. The SMILES string of the molecule is CCOC(=O)C(c1ccc(C2CC(F)(F)C2)cc1)[C@H](c1cc2ccccc2[nH]1)C(F)(F)F. The smallest absolute Gasteiger partial charge is 0.398 e. The number of carbonyl (C=O) groups is 1. The van der Waals surface area contributed by atoms with Crippen molar-refractivity contribution in [3.63, 3.8) is 0 Å². The van der Waals surface area contributed by atoms with Crippen LogP contribution in [0.25, 0.3) is 10.9 Å². The third kappa shape index (κ3) is 4.36. The van der Waals surface area contributed by atoms with Crippen LogP contribution in [-0.2, 0) is 9.53 Å². The Labute approximate surface area is 181 Å². The molecule has 3 nitrogen and oxygen atoms in total. The minimum Gasteiger partial charge on any atom is -0.465 e. The standard InChI is InChI=1S/C24H22F5NO2/c1-2-32-22(31)20(15-9-7-14(8-10-15)17-12-23(25,26)13-17)21(24(27,28)29)19-11-16-5-3-4-6-18(16)30-19/h3-11,17,20-21,30H,2,12-13H2,1H3/t20?,21-/m0/s1. The Morgan fingerprint density at radius 1 is 1.12 bits per heavy atom. The molecule has 1 heterocycles. The summed E-state index contributed by atoms with van der Waals surface area (Å²) in [5, 5.41) is 0.598. The highest BCUT2D eigenvalue weighted by Crippen LogP contribution is 2.49. The van der Waals surface area contributed by atoms with Crippen LogP contribution in [0, 0.1) is 0 Å². The summed E-state index contributed by atoms with van der Waals surface area (Å²) >= 11 is 0. The zero-order chi connectivity index (χ0) is 23.1. The Morgan fingerprint density at radius 2 is 1.78 bits per heavy atom. The molecule has 0 spiro atoms. The van der Waals surface area contributed by atoms with E-state index in [-0.39, 0.29) is 36.6 Å². The second-order valence-electron chi connectivity index (χ2n) is 8.19. The van der Waals surface area contributed by atoms with Crippen LogP contribution in [0.2, 0.25) is 0 Å². The average Bonchev–Trinajstić information content (AvgIpc) is 3.12. The van der Waals surface area contributed by atoms with Crippen molar-refractivity contribution in [2.24, 2.45) is 0 Å². The number of nitrogens with one attached hydrogen (secondary N) is 1. The summed E-state index contributed by atoms with van der Waals surface area (Å²) in [4.78, 5) is 15.6. The molecule has 8 heteroatoms. The predicted octanol–water partition coefficient (Wildman–Crippen LogP) is 6.67. The minimum atomic E-state index is -4.74. The largest absolute Gasteiger partial charge is 0.465 e. The van der Waals surface area contributed by atoms with Crippen LogP contribution in [-0.4, -0.2) is 29.7 Å². The third-order valence-corrected chi connectivity index (χ3v) is 5.97. The van der Waals surface area contributed by atoms with E-state index in [0.717, 1.165) is 0 Å². The van der Waals surface area contributed by atoms with Gasteiger partial charge in [-0.05, 0) is 41.5 Å². The summed E-state index contributed by atoms with van der Waals surface area (Å²) < 4.78 is 74.4. The van der Waals surface area contributed by atoms with Gasteiger partial charge in [0.1, 0.15) is 5.92 Å². The number of halogens is 5. The zero-order valence-corrected chi connectivity index (χ0v) is 17.3. The third-order valence-electron chi connectivity index (χ3n) is 5.97. The van der Waals surface area contributed by atoms with Crippen molar-refractivity contribution in [3.05, 3.63) is 71.4 Å². The molecule has 0 amide bonds. The van der Waals surface area contributed by atoms with Gasteiger partial charge in [-0.3, -0.25) is 4.79 Å². The van der Waals surface area contributed by atoms with Gasteiger partial charge in [0.25, 0.3) is 0 Å². The number of aromatic nitrogens is 1. The van der Waals surface area contributed by atoms with Crippen LogP contribution >= 0.6 is 0 Å². The van der Waals surface area contributed by atoms with Gasteiger partial charge < -0.3 is 9.72 Å². The summed E-state index contributed by atoms with van der Waals surface area (Å²) in [6.45, 7) is 1.46. The van der Waals surface area contributed by atoms with Gasteiger partial charge in [0, 0.05) is 24.1 Å². The molecule has 2 atom stereocenters. The Morgan fingerprint density at radius 3 is 2.34 bits per heavy atom. The summed E-state index contributed by atoms with van der Waals surface area (Å²) in [6.07, 6.45) is -5.31. The number of alkyl halides is 5. The van der Waals surface area contributed by atoms with E-state index >= 15 is 0 Å². The molecule has 1 saturated carbocycles. The zero-order valence-electron chi connectivity index (χ0n) is 17.3. The highest BCUT2D eigenvalue weighted by Gasteiger charge is 2.51. The Hall–Kier alpha value is -2.90. The fourth-order valence-corrected chi connectivity index (χ4v) is 4.38. The van der Waals surface area contributed by atoms with E-state index in [2.05, 4.69) is 4.98 Å². The number of H-pyrrole nitrogens is 1. The second kappa shape index (κ2) is 8.22. The number of hydrogen-bond acceptors (Lipinski definition) is 2. The van der Waals surface area contributed by atoms with E-state index in [1.54, 1.807) is 24.3 Å². The molecule has 1 aromatic heterocycles. The lowest BCUT2D eigenvalue weighted by Gasteiger charge is -2.35. The van der Waals surface area contributed by atoms with Gasteiger partial charge in [-0.15, -0.1) is 0 Å². The number of aromatic amines is 1. The molecule has 2 aromatic carbocycles. The van der Waals surface area contributed by atoms with Crippen molar-refractivity contribution >= 4 is 16.9 Å². The van der Waals surface area contributed by atoms with E-state index in [4.69, 9.17) is 4.74 Å². The van der Waals surface area contributed by atoms with Gasteiger partial charge >= 0.3 is 12.1 Å². The van der Waals surface area contributed by atoms with Crippen molar-refractivity contribution in [2.75, 3.05) is 6.61 Å². The molecule has 1 unspecified atom stereocenters. The first-order valence-electron chi connectivity index (χ1n) is 10.4. The number of benzene rings is 2. The number of fused-ring (bicyclic) bond motifs is 1. The molecule has 3 aromatic rings. The molecule has 1 N–H and O–H groups in total. The normalized spacial score (nSPS) is 18.2. The Kier molecular flexibility index (Phi) is 5.73. The van der Waals surface area contributed by atoms with Crippen LogP contribution in [0.4, 0.5) is 22.0 Å². The van der Waals surface area contributed by atoms with E-state index < -0.39 is 29.9 Å². The Balaban J connectivity index is 1.74. The van der Waals surface area contributed by atoms with Crippen LogP contribution in [0.15, 0.2) is 54.6 Å². The quantitative estimate of drug-likeness (QED) is 0.336. The first-order valence-corrected chi connectivity index (χ1v) is 10.4. The van der Waals surface area contributed by atoms with Gasteiger partial charge in [0.05, 0.1) is 12.5 Å². The lowest BCUT2D eigenvalue weighted by molar-refractivity contribution is -0.171. The monoisotopic (exact) mass is 451 g/mol. The van der Waals surface area contributed by atoms with Crippen molar-refractivity contribution < 1.29 is 31.5 Å². The van der Waals surface area contributed by atoms with Crippen molar-refractivity contribution in [1.82, 2.24) is 4.98 Å². The molecular weight excluding hydrogens is 429 g/mol. The van der Waals surface area contributed by atoms with Crippen LogP contribution in [0.3, 0.4) is 0 Å².